The van der Waals surface area contributed by atoms with E-state index < -0.39 is 11.9 Å². The number of anilines is 2. The van der Waals surface area contributed by atoms with Gasteiger partial charge in [0, 0.05) is 50.4 Å². The maximum absolute atomic E-state index is 15.3. The molecule has 0 saturated carbocycles. The van der Waals surface area contributed by atoms with Gasteiger partial charge in [-0.15, -0.1) is 0 Å². The van der Waals surface area contributed by atoms with Crippen molar-refractivity contribution < 1.29 is 13.9 Å². The van der Waals surface area contributed by atoms with E-state index in [1.54, 1.807) is 53.3 Å². The van der Waals surface area contributed by atoms with Gasteiger partial charge in [0.25, 0.3) is 5.91 Å². The van der Waals surface area contributed by atoms with Crippen LogP contribution in [0.2, 0.25) is 0 Å². The zero-order valence-electron chi connectivity index (χ0n) is 19.6. The number of rotatable bonds is 5. The molecule has 0 spiro atoms. The second-order valence-electron chi connectivity index (χ2n) is 8.77. The molecule has 1 atom stereocenters. The molecule has 0 aliphatic carbocycles. The molecule has 10 heteroatoms. The fourth-order valence-electron chi connectivity index (χ4n) is 4.47. The molecule has 0 bridgehead atoms. The van der Waals surface area contributed by atoms with E-state index in [0.29, 0.717) is 46.3 Å². The van der Waals surface area contributed by atoms with Crippen LogP contribution in [0.15, 0.2) is 61.3 Å². The van der Waals surface area contributed by atoms with Crippen LogP contribution < -0.4 is 10.1 Å². The quantitative estimate of drug-likeness (QED) is 0.402. The minimum atomic E-state index is -0.626. The van der Waals surface area contributed by atoms with Crippen molar-refractivity contribution in [3.63, 3.8) is 0 Å². The zero-order chi connectivity index (χ0) is 24.8. The third kappa shape index (κ3) is 3.76. The molecule has 1 saturated heterocycles. The Hall–Kier alpha value is -4.60. The number of nitrogens with zero attached hydrogens (tertiary/aromatic N) is 6. The first kappa shape index (κ1) is 21.9. The number of hydrogen-bond acceptors (Lipinski definition) is 7. The Balaban J connectivity index is 1.49. The number of ether oxygens (including phenoxy) is 1. The zero-order valence-corrected chi connectivity index (χ0v) is 19.6. The molecule has 1 aliphatic rings. The van der Waals surface area contributed by atoms with Crippen LogP contribution in [0.5, 0.6) is 5.75 Å². The summed E-state index contributed by atoms with van der Waals surface area (Å²) in [4.78, 5) is 27.4. The molecular weight excluding hydrogens is 461 g/mol. The monoisotopic (exact) mass is 483 g/mol. The lowest BCUT2D eigenvalue weighted by molar-refractivity contribution is -0.132. The van der Waals surface area contributed by atoms with Crippen molar-refractivity contribution in [1.29, 1.82) is 0 Å². The minimum absolute atomic E-state index is 0.0886. The highest BCUT2D eigenvalue weighted by Gasteiger charge is 2.32. The highest BCUT2D eigenvalue weighted by atomic mass is 19.1. The lowest BCUT2D eigenvalue weighted by Crippen LogP contribution is -2.29. The number of pyridine rings is 1. The molecule has 1 aliphatic heterocycles. The van der Waals surface area contributed by atoms with E-state index in [1.165, 1.54) is 6.33 Å². The number of likely N-dealkylation sites (tertiary alicyclic amines) is 1. The summed E-state index contributed by atoms with van der Waals surface area (Å²) >= 11 is 0. The maximum atomic E-state index is 15.3. The van der Waals surface area contributed by atoms with Crippen molar-refractivity contribution >= 4 is 39.2 Å². The van der Waals surface area contributed by atoms with Gasteiger partial charge in [0.2, 0.25) is 0 Å². The van der Waals surface area contributed by atoms with Crippen molar-refractivity contribution in [2.45, 2.75) is 12.5 Å². The lowest BCUT2D eigenvalue weighted by atomic mass is 10.1. The summed E-state index contributed by atoms with van der Waals surface area (Å²) in [6.07, 6.45) is 6.61. The van der Waals surface area contributed by atoms with Gasteiger partial charge < -0.3 is 15.0 Å². The first-order valence-electron chi connectivity index (χ1n) is 11.5. The molecule has 1 N–H and O–H groups in total. The molecule has 5 aromatic rings. The predicted molar refractivity (Wildman–Crippen MR) is 133 cm³/mol. The molecule has 180 valence electrons. The van der Waals surface area contributed by atoms with Gasteiger partial charge in [0.15, 0.2) is 11.9 Å². The Labute approximate surface area is 205 Å². The van der Waals surface area contributed by atoms with Gasteiger partial charge in [0.1, 0.15) is 17.9 Å². The summed E-state index contributed by atoms with van der Waals surface area (Å²) in [5.41, 5.74) is 3.10. The second-order valence-corrected chi connectivity index (χ2v) is 8.77. The molecule has 9 nitrogen and oxygen atoms in total. The molecule has 1 fully saturated rings. The number of aromatic nitrogens is 5. The Morgan fingerprint density at radius 1 is 1.08 bits per heavy atom. The Bertz CT molecular complexity index is 1630. The Morgan fingerprint density at radius 3 is 2.75 bits per heavy atom. The summed E-state index contributed by atoms with van der Waals surface area (Å²) in [5.74, 6) is 0.281. The number of halogens is 1. The highest BCUT2D eigenvalue weighted by Crippen LogP contribution is 2.38. The molecule has 3 aromatic heterocycles. The molecule has 1 amide bonds. The predicted octanol–water partition coefficient (Wildman–Crippen LogP) is 4.07. The summed E-state index contributed by atoms with van der Waals surface area (Å²) in [7, 11) is 3.59. The van der Waals surface area contributed by atoms with E-state index in [4.69, 9.17) is 4.74 Å². The summed E-state index contributed by atoms with van der Waals surface area (Å²) in [6.45, 7) is 0.613. The lowest BCUT2D eigenvalue weighted by Gasteiger charge is -2.18. The van der Waals surface area contributed by atoms with Crippen LogP contribution in [-0.4, -0.2) is 55.2 Å². The summed E-state index contributed by atoms with van der Waals surface area (Å²) in [6, 6.07) is 10.5. The van der Waals surface area contributed by atoms with Crippen LogP contribution in [0.1, 0.15) is 6.42 Å². The maximum Gasteiger partial charge on any atom is 0.263 e. The van der Waals surface area contributed by atoms with E-state index in [1.807, 2.05) is 25.4 Å². The van der Waals surface area contributed by atoms with Gasteiger partial charge in [-0.3, -0.25) is 14.5 Å². The molecular formula is C26H22FN7O2. The number of nitrogens with one attached hydrogen (secondary N) is 1. The third-order valence-corrected chi connectivity index (χ3v) is 6.36. The molecule has 6 rings (SSSR count). The Morgan fingerprint density at radius 2 is 1.97 bits per heavy atom. The number of hydrogen-bond donors (Lipinski definition) is 1. The van der Waals surface area contributed by atoms with Crippen LogP contribution in [0.3, 0.4) is 0 Å². The number of likely N-dealkylation sites (N-methyl/N-ethyl adjacent to an activating group) is 1. The van der Waals surface area contributed by atoms with Gasteiger partial charge in [-0.25, -0.2) is 14.4 Å². The number of carbonyl (C=O) groups is 1. The van der Waals surface area contributed by atoms with Gasteiger partial charge in [-0.1, -0.05) is 0 Å². The topological polar surface area (TPSA) is 98.1 Å². The average molecular weight is 484 g/mol. The van der Waals surface area contributed by atoms with E-state index in [2.05, 4.69) is 25.4 Å². The fraction of sp³-hybridized carbons (Fsp3) is 0.192. The van der Waals surface area contributed by atoms with E-state index in [-0.39, 0.29) is 11.6 Å². The smallest absolute Gasteiger partial charge is 0.263 e. The number of aryl methyl sites for hydroxylation is 1. The summed E-state index contributed by atoms with van der Waals surface area (Å²) < 4.78 is 23.3. The van der Waals surface area contributed by atoms with Gasteiger partial charge >= 0.3 is 0 Å². The van der Waals surface area contributed by atoms with Crippen molar-refractivity contribution in [1.82, 2.24) is 29.6 Å². The van der Waals surface area contributed by atoms with Gasteiger partial charge in [0.05, 0.1) is 28.3 Å². The first-order chi connectivity index (χ1) is 17.5. The molecule has 1 unspecified atom stereocenters. The Kier molecular flexibility index (Phi) is 5.21. The van der Waals surface area contributed by atoms with E-state index in [9.17, 15) is 4.79 Å². The van der Waals surface area contributed by atoms with Crippen molar-refractivity contribution in [2.24, 2.45) is 7.05 Å². The molecule has 2 aromatic carbocycles. The third-order valence-electron chi connectivity index (χ3n) is 6.36. The standard InChI is InChI=1S/C26H22FN7O2/c1-33-9-7-21(26(33)35)36-22-11-15(16-12-31-34(2)13-16)10-20-23(22)25(30-14-29-20)32-19-6-5-18-17(24(19)27)4-3-8-28-18/h3-6,8,10-14,21H,7,9H2,1-2H3,(H,29,30,32). The van der Waals surface area contributed by atoms with Crippen LogP contribution in [-0.2, 0) is 11.8 Å². The van der Waals surface area contributed by atoms with Crippen molar-refractivity contribution in [3.05, 3.63) is 67.1 Å². The number of benzene rings is 2. The first-order valence-corrected chi connectivity index (χ1v) is 11.5. The molecule has 4 heterocycles. The average Bonchev–Trinajstić information content (AvgIpc) is 3.46. The number of amides is 1. The molecule has 36 heavy (non-hydrogen) atoms. The minimum Gasteiger partial charge on any atom is -0.480 e. The van der Waals surface area contributed by atoms with E-state index in [0.717, 1.165) is 11.1 Å². The molecule has 0 radical (unpaired) electrons. The largest absolute Gasteiger partial charge is 0.480 e. The fourth-order valence-corrected chi connectivity index (χ4v) is 4.47. The van der Waals surface area contributed by atoms with Crippen LogP contribution in [0.4, 0.5) is 15.9 Å². The van der Waals surface area contributed by atoms with Crippen molar-refractivity contribution in [3.8, 4) is 16.9 Å². The SMILES string of the molecule is CN1CCC(Oc2cc(-c3cnn(C)c3)cc3ncnc(Nc4ccc5ncccc5c4F)c23)C1=O. The summed E-state index contributed by atoms with van der Waals surface area (Å²) in [5, 5.41) is 8.32. The number of fused-ring (bicyclic) bond motifs is 2. The second kappa shape index (κ2) is 8.56. The highest BCUT2D eigenvalue weighted by molar-refractivity contribution is 5.99. The van der Waals surface area contributed by atoms with Crippen LogP contribution in [0.25, 0.3) is 32.9 Å². The van der Waals surface area contributed by atoms with Crippen LogP contribution in [0, 0.1) is 5.82 Å². The van der Waals surface area contributed by atoms with Crippen LogP contribution >= 0.6 is 0 Å². The van der Waals surface area contributed by atoms with Gasteiger partial charge in [-0.2, -0.15) is 5.10 Å². The van der Waals surface area contributed by atoms with Gasteiger partial charge in [-0.05, 0) is 42.0 Å². The normalized spacial score (nSPS) is 15.7. The van der Waals surface area contributed by atoms with Crippen molar-refractivity contribution in [2.75, 3.05) is 18.9 Å². The number of carbonyl (C=O) groups excluding carboxylic acids is 1. The van der Waals surface area contributed by atoms with E-state index >= 15 is 4.39 Å².